The second kappa shape index (κ2) is 2.85. The van der Waals surface area contributed by atoms with E-state index in [2.05, 4.69) is 4.98 Å². The number of aromatic nitrogens is 1. The van der Waals surface area contributed by atoms with Crippen molar-refractivity contribution < 1.29 is 14.3 Å². The van der Waals surface area contributed by atoms with Crippen LogP contribution in [0.3, 0.4) is 0 Å². The molecule has 78 valence electrons. The van der Waals surface area contributed by atoms with E-state index < -0.39 is 0 Å². The third-order valence-corrected chi connectivity index (χ3v) is 2.59. The van der Waals surface area contributed by atoms with Crippen LogP contribution in [0, 0.1) is 6.92 Å². The minimum Gasteiger partial charge on any atom is -0.487 e. The van der Waals surface area contributed by atoms with Gasteiger partial charge in [-0.2, -0.15) is 0 Å². The lowest BCUT2D eigenvalue weighted by molar-refractivity contribution is 0.176. The van der Waals surface area contributed by atoms with Crippen molar-refractivity contribution in [3.05, 3.63) is 17.8 Å². The number of rotatable bonds is 0. The molecule has 2 aliphatic heterocycles. The summed E-state index contributed by atoms with van der Waals surface area (Å²) in [5.41, 5.74) is 1.01. The standard InChI is InChI=1S/C10H10N2O3/c1-6-2-8-9(11-3-6)12-7(4-14-8)5-15-10(12)13/h2-3,7H,4-5H2,1H3. The summed E-state index contributed by atoms with van der Waals surface area (Å²) in [5.74, 6) is 1.23. The first-order valence-corrected chi connectivity index (χ1v) is 4.81. The van der Waals surface area contributed by atoms with Gasteiger partial charge in [0.05, 0.1) is 0 Å². The van der Waals surface area contributed by atoms with E-state index in [4.69, 9.17) is 9.47 Å². The molecule has 5 nitrogen and oxygen atoms in total. The van der Waals surface area contributed by atoms with Gasteiger partial charge in [0.1, 0.15) is 19.3 Å². The van der Waals surface area contributed by atoms with Gasteiger partial charge in [-0.05, 0) is 18.6 Å². The molecule has 1 fully saturated rings. The molecule has 0 spiro atoms. The zero-order valence-electron chi connectivity index (χ0n) is 8.27. The molecule has 1 saturated heterocycles. The number of carbonyl (C=O) groups is 1. The molecule has 1 atom stereocenters. The van der Waals surface area contributed by atoms with Crippen molar-refractivity contribution in [2.45, 2.75) is 13.0 Å². The van der Waals surface area contributed by atoms with E-state index in [0.717, 1.165) is 5.56 Å². The molecule has 0 aromatic carbocycles. The van der Waals surface area contributed by atoms with Crippen LogP contribution in [0.15, 0.2) is 12.3 Å². The first-order chi connectivity index (χ1) is 7.25. The Balaban J connectivity index is 2.10. The van der Waals surface area contributed by atoms with Gasteiger partial charge in [-0.15, -0.1) is 0 Å². The van der Waals surface area contributed by atoms with E-state index in [1.54, 1.807) is 11.1 Å². The highest BCUT2D eigenvalue weighted by atomic mass is 16.6. The Morgan fingerprint density at radius 1 is 1.47 bits per heavy atom. The Hall–Kier alpha value is -1.78. The Labute approximate surface area is 86.6 Å². The first kappa shape index (κ1) is 8.52. The lowest BCUT2D eigenvalue weighted by Crippen LogP contribution is -2.41. The molecule has 1 aromatic rings. The third kappa shape index (κ3) is 1.16. The summed E-state index contributed by atoms with van der Waals surface area (Å²) in [7, 11) is 0. The van der Waals surface area contributed by atoms with E-state index >= 15 is 0 Å². The zero-order chi connectivity index (χ0) is 10.4. The number of amides is 1. The first-order valence-electron chi connectivity index (χ1n) is 4.81. The summed E-state index contributed by atoms with van der Waals surface area (Å²) >= 11 is 0. The predicted octanol–water partition coefficient (Wildman–Crippen LogP) is 1.11. The number of nitrogens with zero attached hydrogens (tertiary/aromatic N) is 2. The summed E-state index contributed by atoms with van der Waals surface area (Å²) in [6, 6.07) is 1.85. The van der Waals surface area contributed by atoms with Crippen LogP contribution >= 0.6 is 0 Å². The van der Waals surface area contributed by atoms with Gasteiger partial charge in [-0.1, -0.05) is 0 Å². The minimum atomic E-state index is -0.332. The second-order valence-corrected chi connectivity index (χ2v) is 3.75. The number of cyclic esters (lactones) is 1. The van der Waals surface area contributed by atoms with Gasteiger partial charge in [0.25, 0.3) is 0 Å². The molecular weight excluding hydrogens is 196 g/mol. The summed E-state index contributed by atoms with van der Waals surface area (Å²) < 4.78 is 10.5. The summed E-state index contributed by atoms with van der Waals surface area (Å²) in [6.45, 7) is 2.79. The van der Waals surface area contributed by atoms with Gasteiger partial charge in [0.15, 0.2) is 11.6 Å². The zero-order valence-corrected chi connectivity index (χ0v) is 8.27. The van der Waals surface area contributed by atoms with Crippen molar-refractivity contribution in [3.63, 3.8) is 0 Å². The van der Waals surface area contributed by atoms with Gasteiger partial charge in [0, 0.05) is 6.20 Å². The fourth-order valence-electron chi connectivity index (χ4n) is 1.85. The topological polar surface area (TPSA) is 51.7 Å². The van der Waals surface area contributed by atoms with Gasteiger partial charge < -0.3 is 9.47 Å². The van der Waals surface area contributed by atoms with Crippen LogP contribution in [0.5, 0.6) is 5.75 Å². The molecule has 5 heteroatoms. The molecule has 0 N–H and O–H groups in total. The molecule has 1 amide bonds. The Bertz CT molecular complexity index is 433. The molecule has 0 radical (unpaired) electrons. The molecule has 3 heterocycles. The smallest absolute Gasteiger partial charge is 0.416 e. The van der Waals surface area contributed by atoms with Crippen LogP contribution in [0.1, 0.15) is 5.56 Å². The SMILES string of the molecule is Cc1cnc2c(c1)OCC1COC(=O)N21. The fraction of sp³-hybridized carbons (Fsp3) is 0.400. The molecule has 1 unspecified atom stereocenters. The van der Waals surface area contributed by atoms with Crippen molar-refractivity contribution in [3.8, 4) is 5.75 Å². The molecule has 0 aliphatic carbocycles. The Kier molecular flexibility index (Phi) is 1.62. The highest BCUT2D eigenvalue weighted by Crippen LogP contribution is 2.34. The second-order valence-electron chi connectivity index (χ2n) is 3.75. The number of hydrogen-bond donors (Lipinski definition) is 0. The van der Waals surface area contributed by atoms with E-state index in [9.17, 15) is 4.79 Å². The lowest BCUT2D eigenvalue weighted by Gasteiger charge is -2.27. The van der Waals surface area contributed by atoms with Crippen LogP contribution in [0.4, 0.5) is 10.6 Å². The highest BCUT2D eigenvalue weighted by Gasteiger charge is 2.40. The molecule has 1 aromatic heterocycles. The van der Waals surface area contributed by atoms with Crippen LogP contribution in [0.25, 0.3) is 0 Å². The van der Waals surface area contributed by atoms with Crippen LogP contribution in [0.2, 0.25) is 0 Å². The van der Waals surface area contributed by atoms with Gasteiger partial charge in [-0.25, -0.2) is 14.7 Å². The summed E-state index contributed by atoms with van der Waals surface area (Å²) in [6.07, 6.45) is 1.39. The maximum atomic E-state index is 11.5. The lowest BCUT2D eigenvalue weighted by atomic mass is 10.2. The predicted molar refractivity (Wildman–Crippen MR) is 52.1 cm³/mol. The fourth-order valence-corrected chi connectivity index (χ4v) is 1.85. The van der Waals surface area contributed by atoms with Crippen LogP contribution in [-0.2, 0) is 4.74 Å². The third-order valence-electron chi connectivity index (χ3n) is 2.59. The number of carbonyl (C=O) groups excluding carboxylic acids is 1. The van der Waals surface area contributed by atoms with Crippen molar-refractivity contribution in [2.75, 3.05) is 18.1 Å². The molecule has 2 aliphatic rings. The normalized spacial score (nSPS) is 22.9. The van der Waals surface area contributed by atoms with Crippen LogP contribution < -0.4 is 9.64 Å². The Morgan fingerprint density at radius 2 is 2.27 bits per heavy atom. The summed E-state index contributed by atoms with van der Waals surface area (Å²) in [4.78, 5) is 17.2. The van der Waals surface area contributed by atoms with E-state index in [1.807, 2.05) is 13.0 Å². The number of aryl methyl sites for hydroxylation is 1. The molecule has 3 rings (SSSR count). The largest absolute Gasteiger partial charge is 0.487 e. The number of hydrogen-bond acceptors (Lipinski definition) is 4. The molecular formula is C10H10N2O3. The number of ether oxygens (including phenoxy) is 2. The van der Waals surface area contributed by atoms with Gasteiger partial charge in [0.2, 0.25) is 0 Å². The maximum absolute atomic E-state index is 11.5. The van der Waals surface area contributed by atoms with Crippen molar-refractivity contribution >= 4 is 11.9 Å². The number of fused-ring (bicyclic) bond motifs is 3. The van der Waals surface area contributed by atoms with Crippen molar-refractivity contribution in [1.29, 1.82) is 0 Å². The minimum absolute atomic E-state index is 0.0276. The average Bonchev–Trinajstić information content (AvgIpc) is 2.60. The number of anilines is 1. The monoisotopic (exact) mass is 206 g/mol. The Morgan fingerprint density at radius 3 is 3.13 bits per heavy atom. The van der Waals surface area contributed by atoms with Crippen molar-refractivity contribution in [1.82, 2.24) is 4.98 Å². The quantitative estimate of drug-likeness (QED) is 0.638. The summed E-state index contributed by atoms with van der Waals surface area (Å²) in [5, 5.41) is 0. The van der Waals surface area contributed by atoms with E-state index in [0.29, 0.717) is 24.8 Å². The van der Waals surface area contributed by atoms with E-state index in [-0.39, 0.29) is 12.1 Å². The van der Waals surface area contributed by atoms with Crippen LogP contribution in [-0.4, -0.2) is 30.3 Å². The highest BCUT2D eigenvalue weighted by molar-refractivity contribution is 5.91. The molecule has 0 bridgehead atoms. The van der Waals surface area contributed by atoms with Gasteiger partial charge in [-0.3, -0.25) is 0 Å². The molecule has 15 heavy (non-hydrogen) atoms. The number of pyridine rings is 1. The van der Waals surface area contributed by atoms with E-state index in [1.165, 1.54) is 0 Å². The average molecular weight is 206 g/mol. The van der Waals surface area contributed by atoms with Crippen molar-refractivity contribution in [2.24, 2.45) is 0 Å². The van der Waals surface area contributed by atoms with Gasteiger partial charge >= 0.3 is 6.09 Å². The molecule has 0 saturated carbocycles. The maximum Gasteiger partial charge on any atom is 0.416 e.